The van der Waals surface area contributed by atoms with E-state index in [1.54, 1.807) is 23.9 Å². The average molecular weight is 367 g/mol. The molecule has 0 aliphatic carbocycles. The van der Waals surface area contributed by atoms with E-state index in [1.165, 1.54) is 17.5 Å². The maximum atomic E-state index is 12.3. The van der Waals surface area contributed by atoms with E-state index in [2.05, 4.69) is 20.2 Å². The molecule has 4 aromatic heterocycles. The number of thiophene rings is 1. The summed E-state index contributed by atoms with van der Waals surface area (Å²) in [7, 11) is 0. The van der Waals surface area contributed by atoms with Crippen LogP contribution in [-0.4, -0.2) is 30.9 Å². The third kappa shape index (κ3) is 3.11. The molecule has 0 aliphatic rings. The van der Waals surface area contributed by atoms with Gasteiger partial charge in [-0.05, 0) is 30.5 Å². The van der Waals surface area contributed by atoms with Gasteiger partial charge in [0.1, 0.15) is 5.56 Å². The molecule has 4 aromatic rings. The minimum absolute atomic E-state index is 0.107. The van der Waals surface area contributed by atoms with Crippen LogP contribution in [0.4, 0.5) is 0 Å². The van der Waals surface area contributed by atoms with Gasteiger partial charge in [-0.15, -0.1) is 0 Å². The van der Waals surface area contributed by atoms with E-state index in [0.29, 0.717) is 22.9 Å². The smallest absolute Gasteiger partial charge is 0.342 e. The van der Waals surface area contributed by atoms with Crippen LogP contribution in [0.15, 0.2) is 51.9 Å². The molecule has 0 aromatic carbocycles. The molecule has 0 atom stereocenters. The molecular formula is C17H13N5O3S. The van der Waals surface area contributed by atoms with E-state index >= 15 is 0 Å². The van der Waals surface area contributed by atoms with E-state index in [0.717, 1.165) is 5.56 Å². The highest BCUT2D eigenvalue weighted by atomic mass is 32.1. The van der Waals surface area contributed by atoms with Crippen LogP contribution in [0.3, 0.4) is 0 Å². The Labute approximate surface area is 152 Å². The van der Waals surface area contributed by atoms with Gasteiger partial charge >= 0.3 is 5.97 Å². The number of rotatable bonds is 5. The zero-order valence-corrected chi connectivity index (χ0v) is 14.5. The van der Waals surface area contributed by atoms with Crippen molar-refractivity contribution in [3.8, 4) is 17.2 Å². The van der Waals surface area contributed by atoms with Crippen molar-refractivity contribution in [1.82, 2.24) is 24.9 Å². The average Bonchev–Trinajstić information content (AvgIpc) is 3.41. The van der Waals surface area contributed by atoms with Crippen LogP contribution in [0.5, 0.6) is 0 Å². The molecule has 130 valence electrons. The second-order valence-corrected chi connectivity index (χ2v) is 6.12. The molecule has 0 fully saturated rings. The summed E-state index contributed by atoms with van der Waals surface area (Å²) in [5, 5.41) is 11.9. The molecule has 0 N–H and O–H groups in total. The van der Waals surface area contributed by atoms with E-state index in [-0.39, 0.29) is 12.5 Å². The Morgan fingerprint density at radius 1 is 1.35 bits per heavy atom. The Morgan fingerprint density at radius 2 is 2.27 bits per heavy atom. The topological polar surface area (TPSA) is 95.9 Å². The van der Waals surface area contributed by atoms with Gasteiger partial charge in [0.25, 0.3) is 5.89 Å². The quantitative estimate of drug-likeness (QED) is 0.500. The number of ether oxygens (including phenoxy) is 1. The molecule has 4 heterocycles. The lowest BCUT2D eigenvalue weighted by Gasteiger charge is -2.04. The van der Waals surface area contributed by atoms with Gasteiger partial charge in [0.2, 0.25) is 5.82 Å². The molecule has 0 saturated heterocycles. The van der Waals surface area contributed by atoms with Crippen molar-refractivity contribution in [1.29, 1.82) is 0 Å². The number of aromatic nitrogens is 5. The minimum Gasteiger partial charge on any atom is -0.452 e. The van der Waals surface area contributed by atoms with Crippen LogP contribution >= 0.6 is 11.3 Å². The fraction of sp³-hybridized carbons (Fsp3) is 0.118. The number of esters is 1. The normalized spacial score (nSPS) is 10.8. The van der Waals surface area contributed by atoms with Gasteiger partial charge in [-0.25, -0.2) is 14.5 Å². The van der Waals surface area contributed by atoms with Crippen molar-refractivity contribution >= 4 is 17.3 Å². The first-order valence-corrected chi connectivity index (χ1v) is 8.65. The highest BCUT2D eigenvalue weighted by Gasteiger charge is 2.18. The molecule has 9 heteroatoms. The van der Waals surface area contributed by atoms with Gasteiger partial charge in [-0.3, -0.25) is 0 Å². The van der Waals surface area contributed by atoms with Crippen molar-refractivity contribution in [2.24, 2.45) is 0 Å². The third-order valence-corrected chi connectivity index (χ3v) is 4.35. The minimum atomic E-state index is -0.514. The van der Waals surface area contributed by atoms with Crippen molar-refractivity contribution in [2.45, 2.75) is 13.5 Å². The second-order valence-electron chi connectivity index (χ2n) is 5.34. The summed E-state index contributed by atoms with van der Waals surface area (Å²) in [6.07, 6.45) is 3.12. The molecule has 0 aliphatic heterocycles. The van der Waals surface area contributed by atoms with Crippen molar-refractivity contribution in [2.75, 3.05) is 0 Å². The summed E-state index contributed by atoms with van der Waals surface area (Å²) in [5.41, 5.74) is 1.86. The first-order chi connectivity index (χ1) is 12.7. The van der Waals surface area contributed by atoms with Gasteiger partial charge < -0.3 is 9.26 Å². The number of hydrogen-bond donors (Lipinski definition) is 0. The van der Waals surface area contributed by atoms with Gasteiger partial charge in [0.05, 0.1) is 11.9 Å². The van der Waals surface area contributed by atoms with Crippen LogP contribution in [0, 0.1) is 6.92 Å². The van der Waals surface area contributed by atoms with Crippen LogP contribution in [0.25, 0.3) is 17.2 Å². The monoisotopic (exact) mass is 367 g/mol. The number of carbonyl (C=O) groups is 1. The molecule has 0 saturated carbocycles. The Balaban J connectivity index is 1.45. The first-order valence-electron chi connectivity index (χ1n) is 7.70. The highest BCUT2D eigenvalue weighted by Crippen LogP contribution is 2.19. The molecule has 8 nitrogen and oxygen atoms in total. The number of carbonyl (C=O) groups excluding carboxylic acids is 1. The lowest BCUT2D eigenvalue weighted by molar-refractivity contribution is 0.0429. The lowest BCUT2D eigenvalue weighted by Crippen LogP contribution is -2.08. The Morgan fingerprint density at radius 3 is 3.04 bits per heavy atom. The molecule has 0 amide bonds. The van der Waals surface area contributed by atoms with E-state index in [9.17, 15) is 4.79 Å². The van der Waals surface area contributed by atoms with Gasteiger partial charge in [-0.1, -0.05) is 11.2 Å². The maximum Gasteiger partial charge on any atom is 0.342 e. The summed E-state index contributed by atoms with van der Waals surface area (Å²) < 4.78 is 12.0. The molecule has 0 unspecified atom stereocenters. The number of nitrogens with zero attached hydrogens (tertiary/aromatic N) is 5. The summed E-state index contributed by atoms with van der Waals surface area (Å²) in [4.78, 5) is 20.8. The molecule has 4 rings (SSSR count). The molecule has 0 spiro atoms. The number of pyridine rings is 1. The summed E-state index contributed by atoms with van der Waals surface area (Å²) in [5.74, 6) is 0.812. The van der Waals surface area contributed by atoms with Crippen LogP contribution in [0.1, 0.15) is 21.9 Å². The van der Waals surface area contributed by atoms with E-state index < -0.39 is 5.97 Å². The highest BCUT2D eigenvalue weighted by molar-refractivity contribution is 7.08. The Kier molecular flexibility index (Phi) is 4.28. The SMILES string of the molecule is Cc1c(C(=O)OCc2nc(-c3ccsc3)no2)cnn1-c1ccccn1. The zero-order valence-electron chi connectivity index (χ0n) is 13.7. The summed E-state index contributed by atoms with van der Waals surface area (Å²) >= 11 is 1.54. The fourth-order valence-electron chi connectivity index (χ4n) is 2.35. The molecule has 0 bridgehead atoms. The maximum absolute atomic E-state index is 12.3. The lowest BCUT2D eigenvalue weighted by atomic mass is 10.2. The standard InChI is InChI=1S/C17H13N5O3S/c1-11-13(8-19-22(11)14-4-2-3-6-18-14)17(23)24-9-15-20-16(21-25-15)12-5-7-26-10-12/h2-8,10H,9H2,1H3. The largest absolute Gasteiger partial charge is 0.452 e. The van der Waals surface area contributed by atoms with E-state index in [1.807, 2.05) is 29.0 Å². The molecule has 0 radical (unpaired) electrons. The van der Waals surface area contributed by atoms with Crippen LogP contribution < -0.4 is 0 Å². The zero-order chi connectivity index (χ0) is 17.9. The van der Waals surface area contributed by atoms with Gasteiger partial charge in [-0.2, -0.15) is 21.4 Å². The predicted molar refractivity (Wildman–Crippen MR) is 92.8 cm³/mol. The molecular weight excluding hydrogens is 354 g/mol. The van der Waals surface area contributed by atoms with Gasteiger partial charge in [0, 0.05) is 17.1 Å². The van der Waals surface area contributed by atoms with Gasteiger partial charge in [0.15, 0.2) is 12.4 Å². The molecule has 26 heavy (non-hydrogen) atoms. The summed E-state index contributed by atoms with van der Waals surface area (Å²) in [6.45, 7) is 1.67. The van der Waals surface area contributed by atoms with E-state index in [4.69, 9.17) is 9.26 Å². The first kappa shape index (κ1) is 16.2. The Hall–Kier alpha value is -3.33. The van der Waals surface area contributed by atoms with Crippen molar-refractivity contribution in [3.63, 3.8) is 0 Å². The Bertz CT molecular complexity index is 1020. The van der Waals surface area contributed by atoms with Crippen LogP contribution in [-0.2, 0) is 11.3 Å². The van der Waals surface area contributed by atoms with Crippen molar-refractivity contribution in [3.05, 3.63) is 64.6 Å². The second kappa shape index (κ2) is 6.89. The predicted octanol–water partition coefficient (Wildman–Crippen LogP) is 3.04. The number of hydrogen-bond acceptors (Lipinski definition) is 8. The third-order valence-electron chi connectivity index (χ3n) is 3.67. The summed E-state index contributed by atoms with van der Waals surface area (Å²) in [6, 6.07) is 7.36. The van der Waals surface area contributed by atoms with Crippen LogP contribution in [0.2, 0.25) is 0 Å². The fourth-order valence-corrected chi connectivity index (χ4v) is 2.98. The van der Waals surface area contributed by atoms with Crippen molar-refractivity contribution < 1.29 is 14.1 Å².